The molecule has 6 heteroatoms. The van der Waals surface area contributed by atoms with Crippen molar-refractivity contribution in [2.75, 3.05) is 12.0 Å². The van der Waals surface area contributed by atoms with Crippen LogP contribution in [0.3, 0.4) is 0 Å². The average molecular weight is 263 g/mol. The standard InChI is InChI=1S/C11H15F2NO2S/c1-17(15,16)7-3-6-10(14)11-8(12)4-2-5-9(11)13/h2,4-5,10H,3,6-7,14H2,1H3. The van der Waals surface area contributed by atoms with Crippen molar-refractivity contribution in [2.24, 2.45) is 5.73 Å². The number of halogens is 2. The maximum absolute atomic E-state index is 13.3. The lowest BCUT2D eigenvalue weighted by Gasteiger charge is -2.13. The van der Waals surface area contributed by atoms with Gasteiger partial charge in [-0.15, -0.1) is 0 Å². The van der Waals surface area contributed by atoms with Crippen LogP contribution in [0.15, 0.2) is 18.2 Å². The average Bonchev–Trinajstić information content (AvgIpc) is 2.15. The molecule has 0 saturated heterocycles. The summed E-state index contributed by atoms with van der Waals surface area (Å²) in [7, 11) is -3.07. The topological polar surface area (TPSA) is 60.2 Å². The van der Waals surface area contributed by atoms with Crippen LogP contribution < -0.4 is 5.73 Å². The van der Waals surface area contributed by atoms with Gasteiger partial charge in [0, 0.05) is 23.6 Å². The molecule has 0 saturated carbocycles. The number of sulfone groups is 1. The Morgan fingerprint density at radius 2 is 1.82 bits per heavy atom. The van der Waals surface area contributed by atoms with Gasteiger partial charge in [0.25, 0.3) is 0 Å². The van der Waals surface area contributed by atoms with E-state index in [0.29, 0.717) is 0 Å². The SMILES string of the molecule is CS(=O)(=O)CCCC(N)c1c(F)cccc1F. The van der Waals surface area contributed by atoms with E-state index in [4.69, 9.17) is 5.73 Å². The van der Waals surface area contributed by atoms with Gasteiger partial charge in [0.2, 0.25) is 0 Å². The van der Waals surface area contributed by atoms with Crippen molar-refractivity contribution in [2.45, 2.75) is 18.9 Å². The monoisotopic (exact) mass is 263 g/mol. The van der Waals surface area contributed by atoms with Crippen molar-refractivity contribution in [3.05, 3.63) is 35.4 Å². The Labute approximate surface area is 99.6 Å². The van der Waals surface area contributed by atoms with Gasteiger partial charge in [-0.25, -0.2) is 17.2 Å². The van der Waals surface area contributed by atoms with Crippen molar-refractivity contribution in [3.63, 3.8) is 0 Å². The summed E-state index contributed by atoms with van der Waals surface area (Å²) in [6, 6.07) is 2.71. The molecule has 0 radical (unpaired) electrons. The Morgan fingerprint density at radius 3 is 2.29 bits per heavy atom. The van der Waals surface area contributed by atoms with Gasteiger partial charge in [-0.2, -0.15) is 0 Å². The summed E-state index contributed by atoms with van der Waals surface area (Å²) in [5.41, 5.74) is 5.47. The van der Waals surface area contributed by atoms with Crippen LogP contribution in [-0.2, 0) is 9.84 Å². The quantitative estimate of drug-likeness (QED) is 0.881. The van der Waals surface area contributed by atoms with E-state index < -0.39 is 27.5 Å². The first-order valence-electron chi connectivity index (χ1n) is 5.18. The van der Waals surface area contributed by atoms with E-state index in [-0.39, 0.29) is 24.2 Å². The molecule has 1 atom stereocenters. The predicted octanol–water partition coefficient (Wildman–Crippen LogP) is 1.79. The van der Waals surface area contributed by atoms with Gasteiger partial charge in [0.1, 0.15) is 21.5 Å². The molecular formula is C11H15F2NO2S. The molecule has 1 aromatic carbocycles. The van der Waals surface area contributed by atoms with Crippen molar-refractivity contribution >= 4 is 9.84 Å². The maximum Gasteiger partial charge on any atom is 0.147 e. The molecule has 0 aliphatic rings. The summed E-state index contributed by atoms with van der Waals surface area (Å²) in [5, 5.41) is 0. The van der Waals surface area contributed by atoms with Crippen LogP contribution in [0.5, 0.6) is 0 Å². The number of hydrogen-bond acceptors (Lipinski definition) is 3. The lowest BCUT2D eigenvalue weighted by atomic mass is 10.0. The summed E-state index contributed by atoms with van der Waals surface area (Å²) in [6.45, 7) is 0. The van der Waals surface area contributed by atoms with E-state index in [1.165, 1.54) is 6.07 Å². The molecule has 17 heavy (non-hydrogen) atoms. The number of hydrogen-bond donors (Lipinski definition) is 1. The molecule has 0 spiro atoms. The van der Waals surface area contributed by atoms with Gasteiger partial charge >= 0.3 is 0 Å². The maximum atomic E-state index is 13.3. The molecule has 0 aromatic heterocycles. The second kappa shape index (κ2) is 5.55. The van der Waals surface area contributed by atoms with Gasteiger partial charge in [-0.05, 0) is 25.0 Å². The van der Waals surface area contributed by atoms with Crippen LogP contribution in [0, 0.1) is 11.6 Å². The summed E-state index contributed by atoms with van der Waals surface area (Å²) in [6.07, 6.45) is 1.63. The summed E-state index contributed by atoms with van der Waals surface area (Å²) < 4.78 is 48.4. The zero-order valence-corrected chi connectivity index (χ0v) is 10.3. The zero-order valence-electron chi connectivity index (χ0n) is 9.49. The Bertz CT molecular complexity index is 468. The van der Waals surface area contributed by atoms with Crippen molar-refractivity contribution in [1.29, 1.82) is 0 Å². The lowest BCUT2D eigenvalue weighted by molar-refractivity contribution is 0.509. The third-order valence-corrected chi connectivity index (χ3v) is 3.43. The fourth-order valence-corrected chi connectivity index (χ4v) is 2.27. The van der Waals surface area contributed by atoms with E-state index in [9.17, 15) is 17.2 Å². The molecule has 2 N–H and O–H groups in total. The molecule has 0 aliphatic carbocycles. The fraction of sp³-hybridized carbons (Fsp3) is 0.455. The largest absolute Gasteiger partial charge is 0.324 e. The summed E-state index contributed by atoms with van der Waals surface area (Å²) in [5.74, 6) is -1.43. The minimum atomic E-state index is -3.07. The van der Waals surface area contributed by atoms with Crippen LogP contribution in [-0.4, -0.2) is 20.4 Å². The Kier molecular flexibility index (Phi) is 4.59. The lowest BCUT2D eigenvalue weighted by Crippen LogP contribution is -2.15. The van der Waals surface area contributed by atoms with Gasteiger partial charge in [-0.3, -0.25) is 0 Å². The summed E-state index contributed by atoms with van der Waals surface area (Å²) in [4.78, 5) is 0. The Morgan fingerprint density at radius 1 is 1.29 bits per heavy atom. The van der Waals surface area contributed by atoms with E-state index in [1.54, 1.807) is 0 Å². The molecule has 3 nitrogen and oxygen atoms in total. The van der Waals surface area contributed by atoms with E-state index in [2.05, 4.69) is 0 Å². The van der Waals surface area contributed by atoms with Crippen molar-refractivity contribution in [1.82, 2.24) is 0 Å². The second-order valence-corrected chi connectivity index (χ2v) is 6.27. The Balaban J connectivity index is 2.67. The molecule has 1 unspecified atom stereocenters. The van der Waals surface area contributed by atoms with Crippen LogP contribution in [0.4, 0.5) is 8.78 Å². The van der Waals surface area contributed by atoms with Crippen molar-refractivity contribution < 1.29 is 17.2 Å². The molecule has 1 rings (SSSR count). The van der Waals surface area contributed by atoms with Crippen LogP contribution in [0.25, 0.3) is 0 Å². The Hall–Kier alpha value is -1.01. The van der Waals surface area contributed by atoms with Crippen LogP contribution in [0.2, 0.25) is 0 Å². The number of rotatable bonds is 5. The molecule has 1 aromatic rings. The first-order chi connectivity index (χ1) is 7.81. The molecule has 0 fully saturated rings. The normalized spacial score (nSPS) is 13.6. The third kappa shape index (κ3) is 4.40. The van der Waals surface area contributed by atoms with Gasteiger partial charge in [-0.1, -0.05) is 6.07 Å². The molecule has 96 valence electrons. The minimum Gasteiger partial charge on any atom is -0.324 e. The van der Waals surface area contributed by atoms with Gasteiger partial charge in [0.05, 0.1) is 0 Å². The highest BCUT2D eigenvalue weighted by molar-refractivity contribution is 7.90. The molecule has 0 amide bonds. The van der Waals surface area contributed by atoms with E-state index in [0.717, 1.165) is 18.4 Å². The van der Waals surface area contributed by atoms with E-state index >= 15 is 0 Å². The molecule has 0 bridgehead atoms. The van der Waals surface area contributed by atoms with Gasteiger partial charge in [0.15, 0.2) is 0 Å². The van der Waals surface area contributed by atoms with Crippen LogP contribution in [0.1, 0.15) is 24.4 Å². The predicted molar refractivity (Wildman–Crippen MR) is 62.2 cm³/mol. The van der Waals surface area contributed by atoms with Crippen molar-refractivity contribution in [3.8, 4) is 0 Å². The summed E-state index contributed by atoms with van der Waals surface area (Å²) >= 11 is 0. The minimum absolute atomic E-state index is 0.0310. The molecular weight excluding hydrogens is 248 g/mol. The number of benzene rings is 1. The molecule has 0 aliphatic heterocycles. The van der Waals surface area contributed by atoms with Gasteiger partial charge < -0.3 is 5.73 Å². The number of nitrogens with two attached hydrogens (primary N) is 1. The third-order valence-electron chi connectivity index (χ3n) is 2.40. The first-order valence-corrected chi connectivity index (χ1v) is 7.24. The second-order valence-electron chi connectivity index (χ2n) is 4.01. The van der Waals surface area contributed by atoms with Crippen LogP contribution >= 0.6 is 0 Å². The first kappa shape index (κ1) is 14.1. The van der Waals surface area contributed by atoms with E-state index in [1.807, 2.05) is 0 Å². The molecule has 0 heterocycles. The highest BCUT2D eigenvalue weighted by Crippen LogP contribution is 2.22. The zero-order chi connectivity index (χ0) is 13.1. The highest BCUT2D eigenvalue weighted by atomic mass is 32.2. The smallest absolute Gasteiger partial charge is 0.147 e. The fourth-order valence-electron chi connectivity index (χ4n) is 1.57. The highest BCUT2D eigenvalue weighted by Gasteiger charge is 2.16.